The summed E-state index contributed by atoms with van der Waals surface area (Å²) < 4.78 is 0. The van der Waals surface area contributed by atoms with Gasteiger partial charge in [-0.2, -0.15) is 0 Å². The molecule has 0 saturated carbocycles. The van der Waals surface area contributed by atoms with Crippen molar-refractivity contribution in [3.63, 3.8) is 0 Å². The molecule has 1 aromatic carbocycles. The van der Waals surface area contributed by atoms with Crippen LogP contribution in [0.25, 0.3) is 0 Å². The summed E-state index contributed by atoms with van der Waals surface area (Å²) in [5, 5.41) is 0. The van der Waals surface area contributed by atoms with Crippen LogP contribution in [0.2, 0.25) is 0 Å². The highest BCUT2D eigenvalue weighted by atomic mass is 15.2. The Bertz CT molecular complexity index is 536. The highest BCUT2D eigenvalue weighted by Crippen LogP contribution is 2.19. The van der Waals surface area contributed by atoms with E-state index >= 15 is 0 Å². The van der Waals surface area contributed by atoms with E-state index in [1.54, 1.807) is 0 Å². The number of hydrogen-bond donors (Lipinski definition) is 0. The summed E-state index contributed by atoms with van der Waals surface area (Å²) in [6, 6.07) is 15.0. The highest BCUT2D eigenvalue weighted by molar-refractivity contribution is 5.48. The van der Waals surface area contributed by atoms with Crippen molar-refractivity contribution in [1.29, 1.82) is 0 Å². The van der Waals surface area contributed by atoms with E-state index < -0.39 is 0 Å². The summed E-state index contributed by atoms with van der Waals surface area (Å²) in [5.41, 5.74) is 2.65. The topological polar surface area (TPSA) is 19.4 Å². The lowest BCUT2D eigenvalue weighted by molar-refractivity contribution is 0.798. The lowest BCUT2D eigenvalue weighted by atomic mass is 10.2. The van der Waals surface area contributed by atoms with Gasteiger partial charge in [-0.05, 0) is 37.6 Å². The minimum atomic E-state index is 1.03. The molecule has 3 heteroatoms. The fraction of sp³-hybridized carbons (Fsp3) is 0.353. The SMILES string of the molecule is Cc1ccc(N2CCCN(c3ccccn3)CC2)cc1. The van der Waals surface area contributed by atoms with Crippen LogP contribution >= 0.6 is 0 Å². The van der Waals surface area contributed by atoms with Crippen LogP contribution in [0.5, 0.6) is 0 Å². The predicted molar refractivity (Wildman–Crippen MR) is 84.5 cm³/mol. The molecule has 3 rings (SSSR count). The van der Waals surface area contributed by atoms with Crippen molar-refractivity contribution in [2.24, 2.45) is 0 Å². The average molecular weight is 267 g/mol. The first kappa shape index (κ1) is 13.0. The molecule has 1 aliphatic heterocycles. The maximum atomic E-state index is 4.46. The van der Waals surface area contributed by atoms with Gasteiger partial charge in [-0.25, -0.2) is 4.98 Å². The number of aromatic nitrogens is 1. The van der Waals surface area contributed by atoms with E-state index in [1.165, 1.54) is 17.7 Å². The zero-order valence-corrected chi connectivity index (χ0v) is 12.0. The fourth-order valence-electron chi connectivity index (χ4n) is 2.70. The Balaban J connectivity index is 1.69. The second-order valence-corrected chi connectivity index (χ2v) is 5.35. The molecule has 0 amide bonds. The first-order valence-electron chi connectivity index (χ1n) is 7.30. The quantitative estimate of drug-likeness (QED) is 0.833. The lowest BCUT2D eigenvalue weighted by Crippen LogP contribution is -2.31. The fourth-order valence-corrected chi connectivity index (χ4v) is 2.70. The third-order valence-corrected chi connectivity index (χ3v) is 3.87. The van der Waals surface area contributed by atoms with Crippen LogP contribution < -0.4 is 9.80 Å². The molecule has 0 N–H and O–H groups in total. The molecule has 1 fully saturated rings. The molecule has 0 atom stereocenters. The Kier molecular flexibility index (Phi) is 3.86. The van der Waals surface area contributed by atoms with E-state index in [9.17, 15) is 0 Å². The molecule has 1 saturated heterocycles. The molecule has 20 heavy (non-hydrogen) atoms. The van der Waals surface area contributed by atoms with E-state index in [1.807, 2.05) is 12.3 Å². The van der Waals surface area contributed by atoms with Crippen LogP contribution in [-0.2, 0) is 0 Å². The van der Waals surface area contributed by atoms with Gasteiger partial charge in [0.05, 0.1) is 0 Å². The van der Waals surface area contributed by atoms with Gasteiger partial charge in [0.1, 0.15) is 5.82 Å². The summed E-state index contributed by atoms with van der Waals surface area (Å²) in [5.74, 6) is 1.10. The average Bonchev–Trinajstić information content (AvgIpc) is 2.75. The summed E-state index contributed by atoms with van der Waals surface area (Å²) >= 11 is 0. The van der Waals surface area contributed by atoms with Crippen molar-refractivity contribution in [1.82, 2.24) is 4.98 Å². The third-order valence-electron chi connectivity index (χ3n) is 3.87. The van der Waals surface area contributed by atoms with Gasteiger partial charge < -0.3 is 9.80 Å². The Morgan fingerprint density at radius 1 is 0.850 bits per heavy atom. The normalized spacial score (nSPS) is 16.1. The summed E-state index contributed by atoms with van der Waals surface area (Å²) in [6.45, 7) is 6.42. The molecule has 0 spiro atoms. The number of benzene rings is 1. The molecule has 2 heterocycles. The summed E-state index contributed by atoms with van der Waals surface area (Å²) in [7, 11) is 0. The zero-order valence-electron chi connectivity index (χ0n) is 12.0. The monoisotopic (exact) mass is 267 g/mol. The first-order chi connectivity index (χ1) is 9.83. The number of pyridine rings is 1. The molecule has 2 aromatic rings. The molecule has 104 valence electrons. The zero-order chi connectivity index (χ0) is 13.8. The number of hydrogen-bond acceptors (Lipinski definition) is 3. The second kappa shape index (κ2) is 5.95. The van der Waals surface area contributed by atoms with Gasteiger partial charge in [0.15, 0.2) is 0 Å². The van der Waals surface area contributed by atoms with Gasteiger partial charge in [-0.3, -0.25) is 0 Å². The molecule has 0 bridgehead atoms. The van der Waals surface area contributed by atoms with E-state index in [0.29, 0.717) is 0 Å². The largest absolute Gasteiger partial charge is 0.370 e. The molecule has 0 radical (unpaired) electrons. The Labute approximate surface area is 120 Å². The number of rotatable bonds is 2. The van der Waals surface area contributed by atoms with E-state index in [-0.39, 0.29) is 0 Å². The molecular weight excluding hydrogens is 246 g/mol. The van der Waals surface area contributed by atoms with Crippen LogP contribution in [0.4, 0.5) is 11.5 Å². The van der Waals surface area contributed by atoms with Gasteiger partial charge >= 0.3 is 0 Å². The van der Waals surface area contributed by atoms with Gasteiger partial charge in [0, 0.05) is 38.1 Å². The maximum absolute atomic E-state index is 4.46. The van der Waals surface area contributed by atoms with Crippen LogP contribution in [0, 0.1) is 6.92 Å². The maximum Gasteiger partial charge on any atom is 0.128 e. The minimum Gasteiger partial charge on any atom is -0.370 e. The number of aryl methyl sites for hydroxylation is 1. The van der Waals surface area contributed by atoms with Gasteiger partial charge in [0.2, 0.25) is 0 Å². The molecule has 1 aliphatic rings. The van der Waals surface area contributed by atoms with Crippen molar-refractivity contribution < 1.29 is 0 Å². The van der Waals surface area contributed by atoms with Crippen molar-refractivity contribution in [3.05, 3.63) is 54.2 Å². The summed E-state index contributed by atoms with van der Waals surface area (Å²) in [6.07, 6.45) is 3.04. The minimum absolute atomic E-state index is 1.03. The first-order valence-corrected chi connectivity index (χ1v) is 7.30. The Hall–Kier alpha value is -2.03. The van der Waals surface area contributed by atoms with Crippen LogP contribution in [0.3, 0.4) is 0 Å². The smallest absolute Gasteiger partial charge is 0.128 e. The highest BCUT2D eigenvalue weighted by Gasteiger charge is 2.15. The van der Waals surface area contributed by atoms with Gasteiger partial charge in [0.25, 0.3) is 0 Å². The van der Waals surface area contributed by atoms with Gasteiger partial charge in [-0.15, -0.1) is 0 Å². The Morgan fingerprint density at radius 2 is 1.60 bits per heavy atom. The van der Waals surface area contributed by atoms with Crippen molar-refractivity contribution in [2.45, 2.75) is 13.3 Å². The third kappa shape index (κ3) is 2.93. The lowest BCUT2D eigenvalue weighted by Gasteiger charge is -2.24. The summed E-state index contributed by atoms with van der Waals surface area (Å²) in [4.78, 5) is 9.32. The second-order valence-electron chi connectivity index (χ2n) is 5.35. The standard InChI is InChI=1S/C17H21N3/c1-15-6-8-16(9-7-15)19-11-4-12-20(14-13-19)17-5-2-3-10-18-17/h2-3,5-10H,4,11-14H2,1H3. The molecular formula is C17H21N3. The predicted octanol–water partition coefficient (Wildman–Crippen LogP) is 3.11. The van der Waals surface area contributed by atoms with Crippen LogP contribution in [0.1, 0.15) is 12.0 Å². The Morgan fingerprint density at radius 3 is 2.35 bits per heavy atom. The molecule has 0 aliphatic carbocycles. The number of anilines is 2. The van der Waals surface area contributed by atoms with Crippen LogP contribution in [-0.4, -0.2) is 31.2 Å². The van der Waals surface area contributed by atoms with Crippen LogP contribution in [0.15, 0.2) is 48.7 Å². The van der Waals surface area contributed by atoms with E-state index in [0.717, 1.165) is 32.0 Å². The van der Waals surface area contributed by atoms with Crippen molar-refractivity contribution in [2.75, 3.05) is 36.0 Å². The van der Waals surface area contributed by atoms with Crippen molar-refractivity contribution >= 4 is 11.5 Å². The van der Waals surface area contributed by atoms with E-state index in [4.69, 9.17) is 0 Å². The molecule has 1 aromatic heterocycles. The molecule has 0 unspecified atom stereocenters. The van der Waals surface area contributed by atoms with E-state index in [2.05, 4.69) is 58.1 Å². The van der Waals surface area contributed by atoms with Crippen molar-refractivity contribution in [3.8, 4) is 0 Å². The number of nitrogens with zero attached hydrogens (tertiary/aromatic N) is 3. The molecule has 3 nitrogen and oxygen atoms in total. The van der Waals surface area contributed by atoms with Gasteiger partial charge in [-0.1, -0.05) is 23.8 Å².